The Balaban J connectivity index is 2.71. The molecule has 6 nitrogen and oxygen atoms in total. The van der Waals surface area contributed by atoms with Gasteiger partial charge in [-0.1, -0.05) is 20.8 Å². The molecule has 1 fully saturated rings. The van der Waals surface area contributed by atoms with Crippen molar-refractivity contribution < 1.29 is 19.5 Å². The molecule has 1 amide bonds. The highest BCUT2D eigenvalue weighted by Gasteiger charge is 2.51. The molecule has 0 unspecified atom stereocenters. The van der Waals surface area contributed by atoms with E-state index in [-0.39, 0.29) is 24.5 Å². The fraction of sp³-hybridized carbons (Fsp3) is 0.769. The van der Waals surface area contributed by atoms with Gasteiger partial charge in [0.05, 0.1) is 6.42 Å². The normalized spacial score (nSPS) is 18.5. The molecule has 0 aliphatic carbocycles. The van der Waals surface area contributed by atoms with E-state index in [1.807, 2.05) is 32.7 Å². The zero-order valence-electron chi connectivity index (χ0n) is 11.9. The summed E-state index contributed by atoms with van der Waals surface area (Å²) in [5.74, 6) is -1.41. The molecule has 0 saturated carbocycles. The lowest BCUT2D eigenvalue weighted by Crippen LogP contribution is -2.74. The van der Waals surface area contributed by atoms with E-state index in [4.69, 9.17) is 5.11 Å². The fourth-order valence-electron chi connectivity index (χ4n) is 2.42. The van der Waals surface area contributed by atoms with E-state index in [2.05, 4.69) is 5.32 Å². The number of likely N-dealkylation sites (tertiary alicyclic amines) is 1. The van der Waals surface area contributed by atoms with Gasteiger partial charge in [0.2, 0.25) is 5.91 Å². The summed E-state index contributed by atoms with van der Waals surface area (Å²) in [5.41, 5.74) is -1.40. The van der Waals surface area contributed by atoms with Crippen LogP contribution < -0.4 is 5.32 Å². The Morgan fingerprint density at radius 2 is 1.74 bits per heavy atom. The van der Waals surface area contributed by atoms with Crippen molar-refractivity contribution in [3.63, 3.8) is 0 Å². The molecule has 108 valence electrons. The number of carbonyl (C=O) groups is 3. The van der Waals surface area contributed by atoms with Crippen LogP contribution in [0.5, 0.6) is 0 Å². The number of amides is 1. The zero-order chi connectivity index (χ0) is 14.8. The van der Waals surface area contributed by atoms with Crippen LogP contribution in [0.3, 0.4) is 0 Å². The third-order valence-corrected chi connectivity index (χ3v) is 3.14. The molecule has 1 aliphatic heterocycles. The van der Waals surface area contributed by atoms with Gasteiger partial charge < -0.3 is 15.3 Å². The molecule has 0 atom stereocenters. The minimum absolute atomic E-state index is 0.0122. The number of carboxylic acids is 1. The number of ketones is 1. The monoisotopic (exact) mass is 270 g/mol. The van der Waals surface area contributed by atoms with Crippen LogP contribution in [0, 0.1) is 5.41 Å². The van der Waals surface area contributed by atoms with Crippen molar-refractivity contribution in [3.05, 3.63) is 0 Å². The SMILES string of the molecule is CN1CC(NC(=O)CCC(=O)O)(C(=O)C(C)(C)C)C1. The molecule has 1 saturated heterocycles. The molecule has 0 spiro atoms. The summed E-state index contributed by atoms with van der Waals surface area (Å²) < 4.78 is 0. The maximum absolute atomic E-state index is 12.4. The van der Waals surface area contributed by atoms with Crippen LogP contribution in [0.2, 0.25) is 0 Å². The van der Waals surface area contributed by atoms with Crippen LogP contribution in [-0.4, -0.2) is 53.3 Å². The van der Waals surface area contributed by atoms with Gasteiger partial charge in [-0.25, -0.2) is 0 Å². The molecule has 1 heterocycles. The van der Waals surface area contributed by atoms with Gasteiger partial charge in [-0.2, -0.15) is 0 Å². The summed E-state index contributed by atoms with van der Waals surface area (Å²) >= 11 is 0. The molecule has 0 radical (unpaired) electrons. The third kappa shape index (κ3) is 3.76. The lowest BCUT2D eigenvalue weighted by molar-refractivity contribution is -0.145. The van der Waals surface area contributed by atoms with Crippen molar-refractivity contribution >= 4 is 17.7 Å². The van der Waals surface area contributed by atoms with Gasteiger partial charge in [0.25, 0.3) is 0 Å². The Kier molecular flexibility index (Phi) is 4.35. The van der Waals surface area contributed by atoms with Gasteiger partial charge in [-0.3, -0.25) is 14.4 Å². The van der Waals surface area contributed by atoms with Crippen molar-refractivity contribution in [2.45, 2.75) is 39.2 Å². The Bertz CT molecular complexity index is 392. The number of aliphatic carboxylic acids is 1. The molecule has 1 aliphatic rings. The van der Waals surface area contributed by atoms with Gasteiger partial charge >= 0.3 is 5.97 Å². The van der Waals surface area contributed by atoms with E-state index in [9.17, 15) is 14.4 Å². The van der Waals surface area contributed by atoms with E-state index in [0.29, 0.717) is 13.1 Å². The quantitative estimate of drug-likeness (QED) is 0.748. The maximum atomic E-state index is 12.4. The predicted molar refractivity (Wildman–Crippen MR) is 69.7 cm³/mol. The van der Waals surface area contributed by atoms with Crippen molar-refractivity contribution in [2.75, 3.05) is 20.1 Å². The molecular weight excluding hydrogens is 248 g/mol. The summed E-state index contributed by atoms with van der Waals surface area (Å²) in [4.78, 5) is 36.6. The lowest BCUT2D eigenvalue weighted by atomic mass is 9.74. The van der Waals surface area contributed by atoms with E-state index in [1.54, 1.807) is 0 Å². The number of Topliss-reactive ketones (excluding diaryl/α,β-unsaturated/α-hetero) is 1. The third-order valence-electron chi connectivity index (χ3n) is 3.14. The average Bonchev–Trinajstić information content (AvgIpc) is 2.21. The molecule has 0 aromatic carbocycles. The Hall–Kier alpha value is -1.43. The van der Waals surface area contributed by atoms with Crippen LogP contribution >= 0.6 is 0 Å². The molecule has 1 rings (SSSR count). The van der Waals surface area contributed by atoms with Gasteiger partial charge in [0.1, 0.15) is 5.54 Å². The van der Waals surface area contributed by atoms with Crippen LogP contribution in [-0.2, 0) is 14.4 Å². The number of carbonyl (C=O) groups excluding carboxylic acids is 2. The second kappa shape index (κ2) is 5.28. The van der Waals surface area contributed by atoms with E-state index in [0.717, 1.165) is 0 Å². The number of likely N-dealkylation sites (N-methyl/N-ethyl adjacent to an activating group) is 1. The molecule has 2 N–H and O–H groups in total. The second-order valence-electron chi connectivity index (χ2n) is 6.28. The number of carboxylic acid groups (broad SMARTS) is 1. The van der Waals surface area contributed by atoms with Gasteiger partial charge in [-0.05, 0) is 7.05 Å². The van der Waals surface area contributed by atoms with Crippen LogP contribution in [0.4, 0.5) is 0 Å². The van der Waals surface area contributed by atoms with Crippen LogP contribution in [0.1, 0.15) is 33.6 Å². The van der Waals surface area contributed by atoms with Crippen LogP contribution in [0.15, 0.2) is 0 Å². The van der Waals surface area contributed by atoms with Crippen molar-refractivity contribution in [3.8, 4) is 0 Å². The molecular formula is C13H22N2O4. The van der Waals surface area contributed by atoms with Gasteiger partial charge in [-0.15, -0.1) is 0 Å². The molecule has 19 heavy (non-hydrogen) atoms. The summed E-state index contributed by atoms with van der Waals surface area (Å²) in [6.07, 6.45) is -0.320. The van der Waals surface area contributed by atoms with E-state index in [1.165, 1.54) is 0 Å². The van der Waals surface area contributed by atoms with Gasteiger partial charge in [0.15, 0.2) is 5.78 Å². The highest BCUT2D eigenvalue weighted by molar-refractivity contribution is 5.98. The fourth-order valence-corrected chi connectivity index (χ4v) is 2.42. The van der Waals surface area contributed by atoms with Crippen molar-refractivity contribution in [1.82, 2.24) is 10.2 Å². The first-order chi connectivity index (χ1) is 8.57. The first-order valence-corrected chi connectivity index (χ1v) is 6.33. The molecule has 0 bridgehead atoms. The average molecular weight is 270 g/mol. The lowest BCUT2D eigenvalue weighted by Gasteiger charge is -2.50. The minimum Gasteiger partial charge on any atom is -0.481 e. The summed E-state index contributed by atoms with van der Waals surface area (Å²) in [6, 6.07) is 0. The van der Waals surface area contributed by atoms with Crippen molar-refractivity contribution in [2.24, 2.45) is 5.41 Å². The van der Waals surface area contributed by atoms with E-state index < -0.39 is 16.9 Å². The van der Waals surface area contributed by atoms with Gasteiger partial charge in [0, 0.05) is 24.9 Å². The number of hydrogen-bond donors (Lipinski definition) is 2. The standard InChI is InChI=1S/C13H22N2O4/c1-12(2,3)11(19)13(7-15(4)8-13)14-9(16)5-6-10(17)18/h5-8H2,1-4H3,(H,14,16)(H,17,18). The first kappa shape index (κ1) is 15.6. The molecule has 0 aromatic rings. The number of nitrogens with one attached hydrogen (secondary N) is 1. The molecule has 6 heteroatoms. The van der Waals surface area contributed by atoms with Crippen molar-refractivity contribution in [1.29, 1.82) is 0 Å². The smallest absolute Gasteiger partial charge is 0.303 e. The summed E-state index contributed by atoms with van der Waals surface area (Å²) in [7, 11) is 1.87. The number of hydrogen-bond acceptors (Lipinski definition) is 4. The maximum Gasteiger partial charge on any atom is 0.303 e. The summed E-state index contributed by atoms with van der Waals surface area (Å²) in [6.45, 7) is 6.40. The Labute approximate surface area is 113 Å². The Morgan fingerprint density at radius 3 is 2.11 bits per heavy atom. The number of nitrogens with zero attached hydrogens (tertiary/aromatic N) is 1. The highest BCUT2D eigenvalue weighted by Crippen LogP contribution is 2.29. The van der Waals surface area contributed by atoms with E-state index >= 15 is 0 Å². The minimum atomic E-state index is -1.02. The number of rotatable bonds is 5. The second-order valence-corrected chi connectivity index (χ2v) is 6.28. The zero-order valence-corrected chi connectivity index (χ0v) is 11.9. The first-order valence-electron chi connectivity index (χ1n) is 6.33. The summed E-state index contributed by atoms with van der Waals surface area (Å²) in [5, 5.41) is 11.3. The largest absolute Gasteiger partial charge is 0.481 e. The predicted octanol–water partition coefficient (Wildman–Crippen LogP) is 0.267. The highest BCUT2D eigenvalue weighted by atomic mass is 16.4. The van der Waals surface area contributed by atoms with Crippen LogP contribution in [0.25, 0.3) is 0 Å². The topological polar surface area (TPSA) is 86.7 Å². The molecule has 0 aromatic heterocycles. The Morgan fingerprint density at radius 1 is 1.21 bits per heavy atom.